The van der Waals surface area contributed by atoms with Gasteiger partial charge in [-0.25, -0.2) is 13.8 Å². The second-order valence-electron chi connectivity index (χ2n) is 3.24. The molecule has 1 heterocycles. The first-order valence-electron chi connectivity index (χ1n) is 4.75. The van der Waals surface area contributed by atoms with Crippen molar-refractivity contribution in [3.8, 4) is 0 Å². The van der Waals surface area contributed by atoms with Crippen molar-refractivity contribution in [2.45, 2.75) is 13.1 Å². The van der Waals surface area contributed by atoms with Crippen molar-refractivity contribution in [1.82, 2.24) is 20.5 Å². The number of aromatic nitrogens is 3. The first-order valence-corrected chi connectivity index (χ1v) is 4.75. The van der Waals surface area contributed by atoms with E-state index in [0.717, 1.165) is 0 Å². The summed E-state index contributed by atoms with van der Waals surface area (Å²) < 4.78 is 26.4. The van der Waals surface area contributed by atoms with Crippen LogP contribution in [0.4, 0.5) is 8.78 Å². The van der Waals surface area contributed by atoms with E-state index in [-0.39, 0.29) is 12.1 Å². The topological polar surface area (TPSA) is 53.6 Å². The number of halogens is 2. The van der Waals surface area contributed by atoms with Crippen molar-refractivity contribution in [3.05, 3.63) is 47.5 Å². The van der Waals surface area contributed by atoms with Crippen molar-refractivity contribution in [3.63, 3.8) is 0 Å². The summed E-state index contributed by atoms with van der Waals surface area (Å²) in [5.41, 5.74) is 0.0296. The standard InChI is InChI=1S/C10H10F2N4/c11-8-2-1-3-9(12)7(8)4-13-5-10-14-6-15-16-10/h1-3,6,13H,4-5H2,(H,14,15,16). The summed E-state index contributed by atoms with van der Waals surface area (Å²) in [5.74, 6) is -0.480. The fourth-order valence-corrected chi connectivity index (χ4v) is 1.32. The van der Waals surface area contributed by atoms with Gasteiger partial charge in [-0.05, 0) is 12.1 Å². The highest BCUT2D eigenvalue weighted by atomic mass is 19.1. The molecule has 2 N–H and O–H groups in total. The number of nitrogens with zero attached hydrogens (tertiary/aromatic N) is 2. The predicted octanol–water partition coefficient (Wildman–Crippen LogP) is 1.37. The van der Waals surface area contributed by atoms with E-state index < -0.39 is 11.6 Å². The van der Waals surface area contributed by atoms with Crippen molar-refractivity contribution in [1.29, 1.82) is 0 Å². The normalized spacial score (nSPS) is 10.6. The first-order chi connectivity index (χ1) is 7.77. The molecule has 84 valence electrons. The van der Waals surface area contributed by atoms with Gasteiger partial charge in [0.15, 0.2) is 0 Å². The molecule has 2 aromatic rings. The number of nitrogens with one attached hydrogen (secondary N) is 2. The van der Waals surface area contributed by atoms with E-state index in [0.29, 0.717) is 12.4 Å². The molecule has 0 saturated heterocycles. The van der Waals surface area contributed by atoms with Gasteiger partial charge in [0.05, 0.1) is 6.54 Å². The van der Waals surface area contributed by atoms with Crippen LogP contribution < -0.4 is 5.32 Å². The number of hydrogen-bond donors (Lipinski definition) is 2. The highest BCUT2D eigenvalue weighted by Gasteiger charge is 2.07. The van der Waals surface area contributed by atoms with E-state index >= 15 is 0 Å². The molecule has 0 spiro atoms. The zero-order valence-corrected chi connectivity index (χ0v) is 8.37. The molecule has 0 aliphatic heterocycles. The molecule has 1 aromatic carbocycles. The Bertz CT molecular complexity index is 436. The molecule has 0 radical (unpaired) electrons. The molecular weight excluding hydrogens is 214 g/mol. The smallest absolute Gasteiger partial charge is 0.138 e. The van der Waals surface area contributed by atoms with Crippen LogP contribution in [0.2, 0.25) is 0 Å². The number of aromatic amines is 1. The van der Waals surface area contributed by atoms with Gasteiger partial charge < -0.3 is 5.32 Å². The van der Waals surface area contributed by atoms with Crippen LogP contribution in [0.3, 0.4) is 0 Å². The Labute approximate surface area is 90.7 Å². The van der Waals surface area contributed by atoms with Crippen LogP contribution in [-0.4, -0.2) is 15.2 Å². The van der Waals surface area contributed by atoms with Crippen LogP contribution in [-0.2, 0) is 13.1 Å². The number of benzene rings is 1. The predicted molar refractivity (Wildman–Crippen MR) is 53.3 cm³/mol. The molecule has 2 rings (SSSR count). The Morgan fingerprint density at radius 1 is 1.19 bits per heavy atom. The molecule has 1 aromatic heterocycles. The molecule has 0 bridgehead atoms. The minimum Gasteiger partial charge on any atom is -0.306 e. The fourth-order valence-electron chi connectivity index (χ4n) is 1.32. The van der Waals surface area contributed by atoms with Crippen LogP contribution in [0.15, 0.2) is 24.5 Å². The number of hydrogen-bond acceptors (Lipinski definition) is 3. The van der Waals surface area contributed by atoms with Crippen molar-refractivity contribution in [2.75, 3.05) is 0 Å². The quantitative estimate of drug-likeness (QED) is 0.824. The third kappa shape index (κ3) is 2.40. The second-order valence-corrected chi connectivity index (χ2v) is 3.24. The molecule has 6 heteroatoms. The highest BCUT2D eigenvalue weighted by Crippen LogP contribution is 2.11. The largest absolute Gasteiger partial charge is 0.306 e. The van der Waals surface area contributed by atoms with Crippen molar-refractivity contribution in [2.24, 2.45) is 0 Å². The summed E-state index contributed by atoms with van der Waals surface area (Å²) in [6.07, 6.45) is 1.38. The van der Waals surface area contributed by atoms with E-state index in [2.05, 4.69) is 20.5 Å². The van der Waals surface area contributed by atoms with Crippen LogP contribution in [0, 0.1) is 11.6 Å². The lowest BCUT2D eigenvalue weighted by Crippen LogP contribution is -2.15. The maximum atomic E-state index is 13.2. The lowest BCUT2D eigenvalue weighted by Gasteiger charge is -2.05. The van der Waals surface area contributed by atoms with Gasteiger partial charge in [-0.1, -0.05) is 6.07 Å². The van der Waals surface area contributed by atoms with Gasteiger partial charge >= 0.3 is 0 Å². The minimum atomic E-state index is -0.551. The van der Waals surface area contributed by atoms with E-state index in [9.17, 15) is 8.78 Å². The molecule has 0 fully saturated rings. The Hall–Kier alpha value is -1.82. The minimum absolute atomic E-state index is 0.0296. The zero-order valence-electron chi connectivity index (χ0n) is 8.37. The molecular formula is C10H10F2N4. The van der Waals surface area contributed by atoms with Crippen molar-refractivity contribution >= 4 is 0 Å². The average molecular weight is 224 g/mol. The van der Waals surface area contributed by atoms with Gasteiger partial charge in [0.1, 0.15) is 23.8 Å². The molecule has 0 amide bonds. The zero-order chi connectivity index (χ0) is 11.4. The molecule has 0 unspecified atom stereocenters. The highest BCUT2D eigenvalue weighted by molar-refractivity contribution is 5.19. The van der Waals surface area contributed by atoms with Gasteiger partial charge in [0, 0.05) is 12.1 Å². The Morgan fingerprint density at radius 2 is 1.94 bits per heavy atom. The summed E-state index contributed by atoms with van der Waals surface area (Å²) in [7, 11) is 0. The van der Waals surface area contributed by atoms with Crippen LogP contribution in [0.5, 0.6) is 0 Å². The Morgan fingerprint density at radius 3 is 2.56 bits per heavy atom. The van der Waals surface area contributed by atoms with Gasteiger partial charge in [-0.3, -0.25) is 5.10 Å². The number of H-pyrrole nitrogens is 1. The van der Waals surface area contributed by atoms with Gasteiger partial charge in [-0.15, -0.1) is 0 Å². The molecule has 0 aliphatic rings. The summed E-state index contributed by atoms with van der Waals surface area (Å²) in [4.78, 5) is 3.88. The summed E-state index contributed by atoms with van der Waals surface area (Å²) in [5, 5.41) is 9.17. The molecule has 0 atom stereocenters. The van der Waals surface area contributed by atoms with E-state index in [1.165, 1.54) is 24.5 Å². The second kappa shape index (κ2) is 4.80. The van der Waals surface area contributed by atoms with Gasteiger partial charge in [-0.2, -0.15) is 5.10 Å². The van der Waals surface area contributed by atoms with Crippen LogP contribution in [0.1, 0.15) is 11.4 Å². The molecule has 0 aliphatic carbocycles. The van der Waals surface area contributed by atoms with E-state index in [4.69, 9.17) is 0 Å². The molecule has 16 heavy (non-hydrogen) atoms. The Balaban J connectivity index is 1.95. The average Bonchev–Trinajstić information content (AvgIpc) is 2.75. The van der Waals surface area contributed by atoms with E-state index in [1.54, 1.807) is 0 Å². The van der Waals surface area contributed by atoms with Gasteiger partial charge in [0.25, 0.3) is 0 Å². The third-order valence-corrected chi connectivity index (χ3v) is 2.12. The summed E-state index contributed by atoms with van der Waals surface area (Å²) >= 11 is 0. The third-order valence-electron chi connectivity index (χ3n) is 2.12. The summed E-state index contributed by atoms with van der Waals surface area (Å²) in [6.45, 7) is 0.493. The maximum Gasteiger partial charge on any atom is 0.138 e. The fraction of sp³-hybridized carbons (Fsp3) is 0.200. The van der Waals surface area contributed by atoms with Gasteiger partial charge in [0.2, 0.25) is 0 Å². The van der Waals surface area contributed by atoms with Crippen LogP contribution >= 0.6 is 0 Å². The Kier molecular flexibility index (Phi) is 3.21. The molecule has 4 nitrogen and oxygen atoms in total. The maximum absolute atomic E-state index is 13.2. The summed E-state index contributed by atoms with van der Waals surface area (Å²) in [6, 6.07) is 3.80. The van der Waals surface area contributed by atoms with E-state index in [1.807, 2.05) is 0 Å². The monoisotopic (exact) mass is 224 g/mol. The lowest BCUT2D eigenvalue weighted by atomic mass is 10.2. The SMILES string of the molecule is Fc1cccc(F)c1CNCc1ncn[nH]1. The lowest BCUT2D eigenvalue weighted by molar-refractivity contribution is 0.532. The van der Waals surface area contributed by atoms with Crippen molar-refractivity contribution < 1.29 is 8.78 Å². The first kappa shape index (κ1) is 10.7. The number of rotatable bonds is 4. The molecule has 0 saturated carbocycles. The van der Waals surface area contributed by atoms with Crippen LogP contribution in [0.25, 0.3) is 0 Å².